The minimum Gasteiger partial charge on any atom is -0.508 e. The highest BCUT2D eigenvalue weighted by molar-refractivity contribution is 5.91. The van der Waals surface area contributed by atoms with Crippen LogP contribution in [0.15, 0.2) is 42.5 Å². The zero-order valence-electron chi connectivity index (χ0n) is 17.5. The molecule has 3 aromatic rings. The van der Waals surface area contributed by atoms with Gasteiger partial charge in [-0.1, -0.05) is 65.8 Å². The van der Waals surface area contributed by atoms with Crippen molar-refractivity contribution in [3.05, 3.63) is 70.5 Å². The third kappa shape index (κ3) is 3.71. The van der Waals surface area contributed by atoms with Crippen LogP contribution in [-0.2, 0) is 17.3 Å². The molecule has 0 aromatic heterocycles. The average molecular weight is 381 g/mol. The first kappa shape index (κ1) is 20.2. The topological polar surface area (TPSA) is 40.5 Å². The molecule has 0 aliphatic heterocycles. The maximum Gasteiger partial charge on any atom is 0.134 e. The van der Waals surface area contributed by atoms with E-state index in [-0.39, 0.29) is 22.7 Å². The van der Waals surface area contributed by atoms with Gasteiger partial charge < -0.3 is 10.2 Å². The summed E-state index contributed by atoms with van der Waals surface area (Å²) >= 11 is 0. The zero-order chi connectivity index (χ0) is 20.9. The molecular formula is C25H29FO2. The Hall–Kier alpha value is -2.55. The number of aromatic hydroxyl groups is 2. The lowest BCUT2D eigenvalue weighted by molar-refractivity contribution is 0.427. The average Bonchev–Trinajstić information content (AvgIpc) is 2.54. The molecule has 0 atom stereocenters. The molecule has 0 heterocycles. The van der Waals surface area contributed by atoms with Gasteiger partial charge in [0.25, 0.3) is 0 Å². The second-order valence-corrected chi connectivity index (χ2v) is 9.62. The number of phenolic OH excluding ortho intramolecular Hbond substituents is 2. The van der Waals surface area contributed by atoms with Crippen molar-refractivity contribution in [2.45, 2.75) is 58.8 Å². The third-order valence-electron chi connectivity index (χ3n) is 5.19. The Morgan fingerprint density at radius 1 is 0.821 bits per heavy atom. The number of benzene rings is 3. The van der Waals surface area contributed by atoms with Crippen LogP contribution in [0.2, 0.25) is 0 Å². The van der Waals surface area contributed by atoms with Crippen LogP contribution in [-0.4, -0.2) is 10.2 Å². The van der Waals surface area contributed by atoms with E-state index in [0.29, 0.717) is 17.5 Å². The first-order valence-electron chi connectivity index (χ1n) is 9.65. The number of hydrogen-bond donors (Lipinski definition) is 2. The van der Waals surface area contributed by atoms with E-state index in [9.17, 15) is 10.2 Å². The van der Waals surface area contributed by atoms with E-state index in [1.165, 1.54) is 0 Å². The van der Waals surface area contributed by atoms with Crippen molar-refractivity contribution in [1.29, 1.82) is 0 Å². The van der Waals surface area contributed by atoms with Gasteiger partial charge in [0.15, 0.2) is 0 Å². The smallest absolute Gasteiger partial charge is 0.134 e. The lowest BCUT2D eigenvalue weighted by Gasteiger charge is -2.25. The van der Waals surface area contributed by atoms with E-state index >= 15 is 4.39 Å². The fourth-order valence-electron chi connectivity index (χ4n) is 3.89. The van der Waals surface area contributed by atoms with E-state index in [0.717, 1.165) is 21.9 Å². The van der Waals surface area contributed by atoms with E-state index < -0.39 is 5.41 Å². The summed E-state index contributed by atoms with van der Waals surface area (Å²) in [5.41, 5.74) is 2.28. The van der Waals surface area contributed by atoms with Crippen molar-refractivity contribution >= 4 is 10.8 Å². The van der Waals surface area contributed by atoms with Gasteiger partial charge in [-0.25, -0.2) is 4.39 Å². The van der Waals surface area contributed by atoms with Crippen molar-refractivity contribution < 1.29 is 14.6 Å². The van der Waals surface area contributed by atoms with Gasteiger partial charge in [0.2, 0.25) is 0 Å². The molecule has 148 valence electrons. The largest absolute Gasteiger partial charge is 0.508 e. The highest BCUT2D eigenvalue weighted by Crippen LogP contribution is 2.38. The summed E-state index contributed by atoms with van der Waals surface area (Å²) in [5, 5.41) is 22.4. The second-order valence-electron chi connectivity index (χ2n) is 9.62. The van der Waals surface area contributed by atoms with Crippen LogP contribution in [0, 0.1) is 5.82 Å². The lowest BCUT2D eigenvalue weighted by Crippen LogP contribution is -2.16. The highest BCUT2D eigenvalue weighted by atomic mass is 19.1. The van der Waals surface area contributed by atoms with Gasteiger partial charge in [0.05, 0.1) is 0 Å². The molecule has 0 fully saturated rings. The minimum absolute atomic E-state index is 0.00743. The molecule has 0 aliphatic carbocycles. The van der Waals surface area contributed by atoms with Crippen molar-refractivity contribution in [3.63, 3.8) is 0 Å². The monoisotopic (exact) mass is 380 g/mol. The van der Waals surface area contributed by atoms with Crippen LogP contribution in [0.1, 0.15) is 63.8 Å². The number of halogens is 1. The number of phenols is 2. The van der Waals surface area contributed by atoms with Crippen LogP contribution in [0.4, 0.5) is 4.39 Å². The first-order valence-corrected chi connectivity index (χ1v) is 9.65. The summed E-state index contributed by atoms with van der Waals surface area (Å²) in [5.74, 6) is -0.118. The van der Waals surface area contributed by atoms with Crippen LogP contribution in [0.3, 0.4) is 0 Å². The van der Waals surface area contributed by atoms with E-state index in [2.05, 4.69) is 20.8 Å². The van der Waals surface area contributed by atoms with Gasteiger partial charge in [-0.2, -0.15) is 0 Å². The Balaban J connectivity index is 2.22. The Morgan fingerprint density at radius 2 is 1.50 bits per heavy atom. The molecule has 0 unspecified atom stereocenters. The van der Waals surface area contributed by atoms with Crippen LogP contribution in [0.5, 0.6) is 11.5 Å². The van der Waals surface area contributed by atoms with Crippen molar-refractivity contribution in [1.82, 2.24) is 0 Å². The highest BCUT2D eigenvalue weighted by Gasteiger charge is 2.25. The molecule has 0 amide bonds. The van der Waals surface area contributed by atoms with Crippen LogP contribution in [0.25, 0.3) is 10.8 Å². The molecule has 0 saturated carbocycles. The van der Waals surface area contributed by atoms with Crippen LogP contribution >= 0.6 is 0 Å². The summed E-state index contributed by atoms with van der Waals surface area (Å²) in [6.45, 7) is 12.0. The summed E-state index contributed by atoms with van der Waals surface area (Å²) in [6, 6.07) is 12.7. The molecule has 0 radical (unpaired) electrons. The SMILES string of the molecule is CC(C)(C)c1c(O)ccc(Cc2cccc3cc(O)cc(C(C)(C)C)c23)c1F. The van der Waals surface area contributed by atoms with E-state index in [4.69, 9.17) is 0 Å². The van der Waals surface area contributed by atoms with Gasteiger partial charge in [0, 0.05) is 12.0 Å². The maximum absolute atomic E-state index is 15.3. The quantitative estimate of drug-likeness (QED) is 0.527. The lowest BCUT2D eigenvalue weighted by atomic mass is 9.80. The molecule has 28 heavy (non-hydrogen) atoms. The molecule has 3 rings (SSSR count). The van der Waals surface area contributed by atoms with Crippen LogP contribution < -0.4 is 0 Å². The van der Waals surface area contributed by atoms with E-state index in [1.54, 1.807) is 24.3 Å². The second kappa shape index (κ2) is 6.80. The van der Waals surface area contributed by atoms with Crippen molar-refractivity contribution in [2.24, 2.45) is 0 Å². The Morgan fingerprint density at radius 3 is 2.11 bits per heavy atom. The molecule has 0 spiro atoms. The molecule has 3 heteroatoms. The fraction of sp³-hybridized carbons (Fsp3) is 0.360. The molecule has 0 aliphatic rings. The molecule has 0 saturated heterocycles. The summed E-state index contributed by atoms with van der Waals surface area (Å²) in [7, 11) is 0. The molecule has 0 bridgehead atoms. The molecule has 3 aromatic carbocycles. The Kier molecular flexibility index (Phi) is 4.91. The number of hydrogen-bond acceptors (Lipinski definition) is 2. The molecule has 2 N–H and O–H groups in total. The zero-order valence-corrected chi connectivity index (χ0v) is 17.5. The predicted molar refractivity (Wildman–Crippen MR) is 114 cm³/mol. The van der Waals surface area contributed by atoms with Crippen molar-refractivity contribution in [3.8, 4) is 11.5 Å². The standard InChI is InChI=1S/C25H29FO2/c1-24(2,3)19-14-18(27)13-16-9-7-8-15(21(16)19)12-17-10-11-20(28)22(23(17)26)25(4,5)6/h7-11,13-14,27-28H,12H2,1-6H3. The van der Waals surface area contributed by atoms with E-state index in [1.807, 2.05) is 39.0 Å². The van der Waals surface area contributed by atoms with Gasteiger partial charge in [-0.3, -0.25) is 0 Å². The number of rotatable bonds is 2. The van der Waals surface area contributed by atoms with Gasteiger partial charge in [0.1, 0.15) is 17.3 Å². The van der Waals surface area contributed by atoms with Crippen molar-refractivity contribution in [2.75, 3.05) is 0 Å². The molecular weight excluding hydrogens is 351 g/mol. The normalized spacial score (nSPS) is 12.5. The Bertz CT molecular complexity index is 1040. The fourth-order valence-corrected chi connectivity index (χ4v) is 3.89. The third-order valence-corrected chi connectivity index (χ3v) is 5.19. The minimum atomic E-state index is -0.495. The van der Waals surface area contributed by atoms with Gasteiger partial charge >= 0.3 is 0 Å². The Labute approximate surface area is 166 Å². The van der Waals surface area contributed by atoms with Gasteiger partial charge in [-0.15, -0.1) is 0 Å². The molecule has 2 nitrogen and oxygen atoms in total. The maximum atomic E-state index is 15.3. The summed E-state index contributed by atoms with van der Waals surface area (Å²) in [6.07, 6.45) is 0.417. The predicted octanol–water partition coefficient (Wildman–Crippen LogP) is 6.58. The first-order chi connectivity index (χ1) is 12.9. The van der Waals surface area contributed by atoms with Gasteiger partial charge in [-0.05, 0) is 56.5 Å². The number of fused-ring (bicyclic) bond motifs is 1. The summed E-state index contributed by atoms with van der Waals surface area (Å²) < 4.78 is 15.3. The summed E-state index contributed by atoms with van der Waals surface area (Å²) in [4.78, 5) is 0.